The molecule has 1 heterocycles. The third-order valence-corrected chi connectivity index (χ3v) is 4.84. The standard InChI is InChI=1S/C20H19BrN2O3/c21-16-11-9-15(10-12-16)18-13-17(14-5-2-1-3-6-14)22-23(18)19(24)7-4-8-20(25)26/h1-3,5-6,9-12,18H,4,7-8,13H2,(H,25,26)/t18-/m1/s1. The summed E-state index contributed by atoms with van der Waals surface area (Å²) in [5, 5.41) is 14.9. The van der Waals surface area contributed by atoms with Gasteiger partial charge in [0.2, 0.25) is 5.91 Å². The number of amides is 1. The van der Waals surface area contributed by atoms with E-state index < -0.39 is 5.97 Å². The molecule has 1 amide bonds. The SMILES string of the molecule is O=C(O)CCCC(=O)N1N=C(c2ccccc2)C[C@@H]1c1ccc(Br)cc1. The third-order valence-electron chi connectivity index (χ3n) is 4.31. The summed E-state index contributed by atoms with van der Waals surface area (Å²) < 4.78 is 0.975. The summed E-state index contributed by atoms with van der Waals surface area (Å²) in [6, 6.07) is 17.5. The highest BCUT2D eigenvalue weighted by Gasteiger charge is 2.32. The minimum absolute atomic E-state index is 0.0161. The maximum absolute atomic E-state index is 12.7. The van der Waals surface area contributed by atoms with Gasteiger partial charge in [-0.1, -0.05) is 58.4 Å². The van der Waals surface area contributed by atoms with Crippen molar-refractivity contribution in [2.75, 3.05) is 0 Å². The molecule has 0 radical (unpaired) electrons. The molecule has 6 heteroatoms. The summed E-state index contributed by atoms with van der Waals surface area (Å²) in [6.45, 7) is 0. The minimum atomic E-state index is -0.892. The number of hydrogen-bond acceptors (Lipinski definition) is 3. The van der Waals surface area contributed by atoms with E-state index in [0.717, 1.165) is 21.3 Å². The molecule has 26 heavy (non-hydrogen) atoms. The summed E-state index contributed by atoms with van der Waals surface area (Å²) in [4.78, 5) is 23.4. The van der Waals surface area contributed by atoms with Crippen molar-refractivity contribution in [2.24, 2.45) is 5.10 Å². The van der Waals surface area contributed by atoms with Crippen LogP contribution >= 0.6 is 15.9 Å². The van der Waals surface area contributed by atoms with Gasteiger partial charge in [0.25, 0.3) is 0 Å². The Balaban J connectivity index is 1.83. The van der Waals surface area contributed by atoms with E-state index in [9.17, 15) is 9.59 Å². The Bertz CT molecular complexity index is 819. The topological polar surface area (TPSA) is 70.0 Å². The second kappa shape index (κ2) is 8.27. The van der Waals surface area contributed by atoms with E-state index in [0.29, 0.717) is 12.8 Å². The summed E-state index contributed by atoms with van der Waals surface area (Å²) >= 11 is 3.43. The third kappa shape index (κ3) is 4.38. The van der Waals surface area contributed by atoms with Gasteiger partial charge >= 0.3 is 5.97 Å². The van der Waals surface area contributed by atoms with Gasteiger partial charge in [0.1, 0.15) is 0 Å². The van der Waals surface area contributed by atoms with E-state index in [2.05, 4.69) is 21.0 Å². The molecule has 3 rings (SSSR count). The largest absolute Gasteiger partial charge is 0.481 e. The fraction of sp³-hybridized carbons (Fsp3) is 0.250. The zero-order valence-electron chi connectivity index (χ0n) is 14.1. The Labute approximate surface area is 160 Å². The molecular formula is C20H19BrN2O3. The number of hydrazone groups is 1. The van der Waals surface area contributed by atoms with Crippen molar-refractivity contribution in [3.63, 3.8) is 0 Å². The van der Waals surface area contributed by atoms with E-state index >= 15 is 0 Å². The molecule has 0 unspecified atom stereocenters. The van der Waals surface area contributed by atoms with E-state index in [1.54, 1.807) is 0 Å². The van der Waals surface area contributed by atoms with Gasteiger partial charge in [0.05, 0.1) is 11.8 Å². The maximum atomic E-state index is 12.7. The summed E-state index contributed by atoms with van der Waals surface area (Å²) in [7, 11) is 0. The number of carbonyl (C=O) groups excluding carboxylic acids is 1. The number of nitrogens with zero attached hydrogens (tertiary/aromatic N) is 2. The number of carboxylic acids is 1. The molecule has 1 atom stereocenters. The highest BCUT2D eigenvalue weighted by atomic mass is 79.9. The van der Waals surface area contributed by atoms with Crippen molar-refractivity contribution >= 4 is 33.5 Å². The number of benzene rings is 2. The molecule has 5 nitrogen and oxygen atoms in total. The van der Waals surface area contributed by atoms with Crippen LogP contribution in [0.2, 0.25) is 0 Å². The van der Waals surface area contributed by atoms with Crippen LogP contribution in [-0.2, 0) is 9.59 Å². The molecule has 0 spiro atoms. The number of hydrogen-bond donors (Lipinski definition) is 1. The van der Waals surface area contributed by atoms with E-state index in [4.69, 9.17) is 5.11 Å². The van der Waals surface area contributed by atoms with Crippen LogP contribution in [0.4, 0.5) is 0 Å². The second-order valence-corrected chi connectivity index (χ2v) is 7.09. The predicted molar refractivity (Wildman–Crippen MR) is 103 cm³/mol. The Hall–Kier alpha value is -2.47. The molecule has 2 aromatic rings. The lowest BCUT2D eigenvalue weighted by Gasteiger charge is -2.22. The van der Waals surface area contributed by atoms with Crippen LogP contribution in [0.15, 0.2) is 64.2 Å². The molecule has 134 valence electrons. The van der Waals surface area contributed by atoms with Crippen LogP contribution in [0.5, 0.6) is 0 Å². The zero-order valence-corrected chi connectivity index (χ0v) is 15.7. The molecule has 1 aliphatic rings. The Morgan fingerprint density at radius 2 is 1.77 bits per heavy atom. The van der Waals surface area contributed by atoms with Gasteiger partial charge < -0.3 is 5.11 Å². The van der Waals surface area contributed by atoms with Crippen molar-refractivity contribution in [3.8, 4) is 0 Å². The number of rotatable bonds is 6. The summed E-state index contributed by atoms with van der Waals surface area (Å²) in [6.07, 6.45) is 1.10. The first-order valence-corrected chi connectivity index (χ1v) is 9.26. The van der Waals surface area contributed by atoms with Gasteiger partial charge in [-0.2, -0.15) is 5.10 Å². The molecule has 1 aliphatic heterocycles. The monoisotopic (exact) mass is 414 g/mol. The van der Waals surface area contributed by atoms with Crippen LogP contribution in [0.3, 0.4) is 0 Å². The van der Waals surface area contributed by atoms with Gasteiger partial charge in [-0.05, 0) is 29.7 Å². The fourth-order valence-electron chi connectivity index (χ4n) is 3.00. The van der Waals surface area contributed by atoms with Gasteiger partial charge in [-0.25, -0.2) is 5.01 Å². The zero-order chi connectivity index (χ0) is 18.5. The lowest BCUT2D eigenvalue weighted by molar-refractivity contribution is -0.137. The average Bonchev–Trinajstić information content (AvgIpc) is 3.08. The Morgan fingerprint density at radius 1 is 1.08 bits per heavy atom. The number of halogens is 1. The van der Waals surface area contributed by atoms with Crippen LogP contribution in [0, 0.1) is 0 Å². The first kappa shape index (κ1) is 18.3. The highest BCUT2D eigenvalue weighted by molar-refractivity contribution is 9.10. The van der Waals surface area contributed by atoms with Crippen molar-refractivity contribution in [3.05, 3.63) is 70.2 Å². The first-order chi connectivity index (χ1) is 12.5. The Kier molecular flexibility index (Phi) is 5.83. The predicted octanol–water partition coefficient (Wildman–Crippen LogP) is 4.38. The van der Waals surface area contributed by atoms with E-state index in [1.807, 2.05) is 54.6 Å². The van der Waals surface area contributed by atoms with Crippen molar-refractivity contribution in [1.29, 1.82) is 0 Å². The smallest absolute Gasteiger partial charge is 0.303 e. The van der Waals surface area contributed by atoms with Crippen molar-refractivity contribution in [2.45, 2.75) is 31.7 Å². The lowest BCUT2D eigenvalue weighted by Crippen LogP contribution is -2.27. The molecule has 0 saturated carbocycles. The summed E-state index contributed by atoms with van der Waals surface area (Å²) in [5.41, 5.74) is 2.87. The maximum Gasteiger partial charge on any atom is 0.303 e. The lowest BCUT2D eigenvalue weighted by atomic mass is 9.98. The van der Waals surface area contributed by atoms with Crippen LogP contribution in [0.1, 0.15) is 42.9 Å². The molecule has 1 N–H and O–H groups in total. The van der Waals surface area contributed by atoms with Crippen molar-refractivity contribution in [1.82, 2.24) is 5.01 Å². The summed E-state index contributed by atoms with van der Waals surface area (Å²) in [5.74, 6) is -1.04. The Morgan fingerprint density at radius 3 is 2.42 bits per heavy atom. The fourth-order valence-corrected chi connectivity index (χ4v) is 3.26. The minimum Gasteiger partial charge on any atom is -0.481 e. The quantitative estimate of drug-likeness (QED) is 0.761. The van der Waals surface area contributed by atoms with Crippen LogP contribution < -0.4 is 0 Å². The highest BCUT2D eigenvalue weighted by Crippen LogP contribution is 2.34. The molecule has 0 aliphatic carbocycles. The van der Waals surface area contributed by atoms with Gasteiger partial charge in [-0.15, -0.1) is 0 Å². The number of aliphatic carboxylic acids is 1. The molecule has 0 bridgehead atoms. The first-order valence-electron chi connectivity index (χ1n) is 8.47. The van der Waals surface area contributed by atoms with Gasteiger partial charge in [-0.3, -0.25) is 9.59 Å². The second-order valence-electron chi connectivity index (χ2n) is 6.17. The number of carbonyl (C=O) groups is 2. The molecule has 2 aromatic carbocycles. The molecule has 0 aromatic heterocycles. The van der Waals surface area contributed by atoms with Gasteiger partial charge in [0, 0.05) is 23.7 Å². The molecule has 0 fully saturated rings. The molecular weight excluding hydrogens is 396 g/mol. The average molecular weight is 415 g/mol. The van der Waals surface area contributed by atoms with Crippen LogP contribution in [0.25, 0.3) is 0 Å². The van der Waals surface area contributed by atoms with Crippen LogP contribution in [-0.4, -0.2) is 27.7 Å². The normalized spacial score (nSPS) is 16.4. The molecule has 0 saturated heterocycles. The van der Waals surface area contributed by atoms with E-state index in [-0.39, 0.29) is 24.8 Å². The van der Waals surface area contributed by atoms with E-state index in [1.165, 1.54) is 5.01 Å². The van der Waals surface area contributed by atoms with Crippen molar-refractivity contribution < 1.29 is 14.7 Å². The van der Waals surface area contributed by atoms with Gasteiger partial charge in [0.15, 0.2) is 0 Å². The number of carboxylic acid groups (broad SMARTS) is 1.